The molecule has 20 heavy (non-hydrogen) atoms. The van der Waals surface area contributed by atoms with E-state index >= 15 is 0 Å². The summed E-state index contributed by atoms with van der Waals surface area (Å²) in [6, 6.07) is 8.51. The summed E-state index contributed by atoms with van der Waals surface area (Å²) in [4.78, 5) is 24.9. The average molecular weight is 289 g/mol. The predicted octanol–water partition coefficient (Wildman–Crippen LogP) is 2.43. The molecule has 1 heterocycles. The molecule has 0 fully saturated rings. The van der Waals surface area contributed by atoms with E-state index in [1.807, 2.05) is 5.51 Å². The number of aromatic nitrogens is 1. The van der Waals surface area contributed by atoms with E-state index in [4.69, 9.17) is 10.2 Å². The van der Waals surface area contributed by atoms with Gasteiger partial charge in [0.2, 0.25) is 0 Å². The molecular weight excluding hydrogens is 278 g/mol. The van der Waals surface area contributed by atoms with Crippen molar-refractivity contribution in [1.82, 2.24) is 4.98 Å². The molecule has 0 bridgehead atoms. The Hall–Kier alpha value is -2.47. The monoisotopic (exact) mass is 289 g/mol. The molecule has 0 atom stereocenters. The van der Waals surface area contributed by atoms with Crippen LogP contribution in [0, 0.1) is 0 Å². The smallest absolute Gasteiger partial charge is 0.328 e. The Morgan fingerprint density at radius 1 is 1.15 bits per heavy atom. The van der Waals surface area contributed by atoms with E-state index in [2.05, 4.69) is 29.2 Å². The Labute approximate surface area is 118 Å². The highest BCUT2D eigenvalue weighted by Crippen LogP contribution is 2.37. The summed E-state index contributed by atoms with van der Waals surface area (Å²) < 4.78 is 0. The summed E-state index contributed by atoms with van der Waals surface area (Å²) in [6.07, 6.45) is 2.20. The molecule has 0 saturated carbocycles. The molecule has 3 rings (SSSR count). The van der Waals surface area contributed by atoms with Gasteiger partial charge in [0.05, 0.1) is 11.2 Å². The Balaban J connectivity index is 0.000000163. The summed E-state index contributed by atoms with van der Waals surface area (Å²) in [7, 11) is 0. The number of carboxylic acids is 2. The number of aliphatic carboxylic acids is 2. The number of nitrogens with zero attached hydrogens (tertiary/aromatic N) is 1. The molecule has 2 aromatic rings. The van der Waals surface area contributed by atoms with Crippen molar-refractivity contribution in [3.63, 3.8) is 0 Å². The second-order valence-corrected chi connectivity index (χ2v) is 4.91. The zero-order chi connectivity index (χ0) is 14.5. The van der Waals surface area contributed by atoms with Crippen LogP contribution in [0.1, 0.15) is 10.4 Å². The summed E-state index contributed by atoms with van der Waals surface area (Å²) in [5, 5.41) is 15.6. The minimum Gasteiger partial charge on any atom is -0.478 e. The second kappa shape index (κ2) is 6.12. The van der Waals surface area contributed by atoms with E-state index in [1.54, 1.807) is 11.3 Å². The van der Waals surface area contributed by atoms with Crippen molar-refractivity contribution in [3.05, 3.63) is 52.4 Å². The molecule has 1 aromatic carbocycles. The Morgan fingerprint density at radius 2 is 1.80 bits per heavy atom. The fourth-order valence-electron chi connectivity index (χ4n) is 1.84. The van der Waals surface area contributed by atoms with E-state index < -0.39 is 11.9 Å². The van der Waals surface area contributed by atoms with Gasteiger partial charge in [-0.3, -0.25) is 0 Å². The first-order chi connectivity index (χ1) is 9.58. The van der Waals surface area contributed by atoms with Gasteiger partial charge in [0, 0.05) is 29.0 Å². The Morgan fingerprint density at radius 3 is 2.45 bits per heavy atom. The Bertz CT molecular complexity index is 659. The summed E-state index contributed by atoms with van der Waals surface area (Å²) in [5.41, 5.74) is 5.89. The molecule has 0 unspecified atom stereocenters. The van der Waals surface area contributed by atoms with E-state index in [-0.39, 0.29) is 0 Å². The fourth-order valence-corrected chi connectivity index (χ4v) is 2.64. The lowest BCUT2D eigenvalue weighted by atomic mass is 10.1. The van der Waals surface area contributed by atoms with Crippen LogP contribution in [-0.2, 0) is 16.0 Å². The molecule has 0 saturated heterocycles. The molecular formula is C14H11NO4S. The number of carbonyl (C=O) groups is 2. The van der Waals surface area contributed by atoms with Crippen LogP contribution in [0.25, 0.3) is 11.3 Å². The molecule has 1 aliphatic rings. The first-order valence-electron chi connectivity index (χ1n) is 5.72. The zero-order valence-electron chi connectivity index (χ0n) is 10.3. The minimum absolute atomic E-state index is 0.558. The third-order valence-corrected chi connectivity index (χ3v) is 3.47. The Kier molecular flexibility index (Phi) is 4.27. The zero-order valence-corrected chi connectivity index (χ0v) is 11.1. The number of rotatable bonds is 2. The van der Waals surface area contributed by atoms with Crippen molar-refractivity contribution < 1.29 is 19.8 Å². The van der Waals surface area contributed by atoms with Crippen LogP contribution in [0.5, 0.6) is 0 Å². The lowest BCUT2D eigenvalue weighted by Gasteiger charge is -1.94. The van der Waals surface area contributed by atoms with Crippen LogP contribution >= 0.6 is 11.3 Å². The molecule has 0 amide bonds. The van der Waals surface area contributed by atoms with E-state index in [9.17, 15) is 9.59 Å². The number of carboxylic acid groups (broad SMARTS) is 2. The topological polar surface area (TPSA) is 87.5 Å². The minimum atomic E-state index is -1.26. The third-order valence-electron chi connectivity index (χ3n) is 2.63. The fraction of sp³-hybridized carbons (Fsp3) is 0.0714. The lowest BCUT2D eigenvalue weighted by Crippen LogP contribution is -1.91. The summed E-state index contributed by atoms with van der Waals surface area (Å²) >= 11 is 1.76. The number of benzene rings is 1. The molecule has 1 aromatic heterocycles. The largest absolute Gasteiger partial charge is 0.478 e. The maximum Gasteiger partial charge on any atom is 0.328 e. The van der Waals surface area contributed by atoms with E-state index in [0.717, 1.165) is 6.42 Å². The van der Waals surface area contributed by atoms with Gasteiger partial charge in [0.1, 0.15) is 0 Å². The van der Waals surface area contributed by atoms with Gasteiger partial charge in [-0.15, -0.1) is 11.3 Å². The first kappa shape index (κ1) is 14.0. The van der Waals surface area contributed by atoms with Crippen molar-refractivity contribution in [2.24, 2.45) is 0 Å². The van der Waals surface area contributed by atoms with Gasteiger partial charge in [0.25, 0.3) is 0 Å². The number of hydrogen-bond donors (Lipinski definition) is 2. The van der Waals surface area contributed by atoms with Gasteiger partial charge in [-0.1, -0.05) is 24.3 Å². The normalized spacial score (nSPS) is 11.4. The summed E-state index contributed by atoms with van der Waals surface area (Å²) in [5.74, 6) is -2.51. The molecule has 0 spiro atoms. The predicted molar refractivity (Wildman–Crippen MR) is 74.8 cm³/mol. The van der Waals surface area contributed by atoms with Gasteiger partial charge in [-0.25, -0.2) is 14.6 Å². The SMILES string of the molecule is O=C(O)/C=C/C(=O)O.c1ccc2c(c1)Cc1scnc1-2. The standard InChI is InChI=1S/C10H7NS.C4H4O4/c1-2-4-8-7(3-1)5-9-10(8)11-6-12-9;5-3(6)1-2-4(7)8/h1-4,6H,5H2;1-2H,(H,5,6)(H,7,8)/b;2-1+. The molecule has 6 heteroatoms. The number of hydrogen-bond acceptors (Lipinski definition) is 4. The van der Waals surface area contributed by atoms with Gasteiger partial charge >= 0.3 is 11.9 Å². The third kappa shape index (κ3) is 3.30. The molecule has 0 aliphatic heterocycles. The highest BCUT2D eigenvalue weighted by Gasteiger charge is 2.19. The molecule has 2 N–H and O–H groups in total. The molecule has 0 radical (unpaired) electrons. The van der Waals surface area contributed by atoms with E-state index in [1.165, 1.54) is 21.7 Å². The van der Waals surface area contributed by atoms with E-state index in [0.29, 0.717) is 12.2 Å². The highest BCUT2D eigenvalue weighted by molar-refractivity contribution is 7.10. The van der Waals surface area contributed by atoms with Gasteiger partial charge in [-0.2, -0.15) is 0 Å². The number of thiazole rings is 1. The van der Waals surface area contributed by atoms with Crippen LogP contribution < -0.4 is 0 Å². The van der Waals surface area contributed by atoms with Crippen molar-refractivity contribution in [1.29, 1.82) is 0 Å². The quantitative estimate of drug-likeness (QED) is 0.707. The van der Waals surface area contributed by atoms with Crippen molar-refractivity contribution in [2.45, 2.75) is 6.42 Å². The average Bonchev–Trinajstić information content (AvgIpc) is 2.97. The van der Waals surface area contributed by atoms with Gasteiger partial charge in [-0.05, 0) is 5.56 Å². The van der Waals surface area contributed by atoms with Crippen molar-refractivity contribution >= 4 is 23.3 Å². The van der Waals surface area contributed by atoms with Crippen LogP contribution in [0.15, 0.2) is 41.9 Å². The first-order valence-corrected chi connectivity index (χ1v) is 6.60. The van der Waals surface area contributed by atoms with Crippen LogP contribution in [-0.4, -0.2) is 27.1 Å². The molecule has 5 nitrogen and oxygen atoms in total. The van der Waals surface area contributed by atoms with Crippen molar-refractivity contribution in [2.75, 3.05) is 0 Å². The highest BCUT2D eigenvalue weighted by atomic mass is 32.1. The summed E-state index contributed by atoms with van der Waals surface area (Å²) in [6.45, 7) is 0. The molecule has 102 valence electrons. The second-order valence-electron chi connectivity index (χ2n) is 3.97. The van der Waals surface area contributed by atoms with Crippen LogP contribution in [0.2, 0.25) is 0 Å². The lowest BCUT2D eigenvalue weighted by molar-refractivity contribution is -0.134. The number of fused-ring (bicyclic) bond motifs is 3. The van der Waals surface area contributed by atoms with Gasteiger partial charge in [0.15, 0.2) is 0 Å². The van der Waals surface area contributed by atoms with Crippen molar-refractivity contribution in [3.8, 4) is 11.3 Å². The molecule has 1 aliphatic carbocycles. The van der Waals surface area contributed by atoms with Crippen LogP contribution in [0.4, 0.5) is 0 Å². The maximum atomic E-state index is 9.55. The van der Waals surface area contributed by atoms with Gasteiger partial charge < -0.3 is 10.2 Å². The maximum absolute atomic E-state index is 9.55. The van der Waals surface area contributed by atoms with Crippen LogP contribution in [0.3, 0.4) is 0 Å².